The van der Waals surface area contributed by atoms with Crippen LogP contribution in [0, 0.1) is 0 Å². The van der Waals surface area contributed by atoms with Crippen molar-refractivity contribution in [3.05, 3.63) is 46.8 Å². The van der Waals surface area contributed by atoms with E-state index >= 15 is 0 Å². The minimum Gasteiger partial charge on any atom is -0.367 e. The van der Waals surface area contributed by atoms with Crippen molar-refractivity contribution < 1.29 is 0 Å². The molecule has 0 saturated carbocycles. The highest BCUT2D eigenvalue weighted by Crippen LogP contribution is 2.11. The van der Waals surface area contributed by atoms with E-state index in [-0.39, 0.29) is 0 Å². The van der Waals surface area contributed by atoms with Crippen LogP contribution >= 0.6 is 15.9 Å². The van der Waals surface area contributed by atoms with Crippen LogP contribution in [0.4, 0.5) is 5.82 Å². The van der Waals surface area contributed by atoms with Crippen molar-refractivity contribution in [2.24, 2.45) is 0 Å². The summed E-state index contributed by atoms with van der Waals surface area (Å²) in [5.74, 6) is 0.884. The van der Waals surface area contributed by atoms with Crippen LogP contribution in [-0.4, -0.2) is 9.97 Å². The molecule has 4 heteroatoms. The van der Waals surface area contributed by atoms with Crippen molar-refractivity contribution in [2.75, 3.05) is 5.32 Å². The van der Waals surface area contributed by atoms with Gasteiger partial charge in [-0.15, -0.1) is 0 Å². The molecule has 14 heavy (non-hydrogen) atoms. The molecule has 72 valence electrons. The predicted octanol–water partition coefficient (Wildman–Crippen LogP) is 2.78. The summed E-state index contributed by atoms with van der Waals surface area (Å²) in [6, 6.07) is 5.94. The predicted molar refractivity (Wildman–Crippen MR) is 60.1 cm³/mol. The SMILES string of the molecule is Brc1ccc(NCc2cc[nH]c2)nc1. The van der Waals surface area contributed by atoms with E-state index in [4.69, 9.17) is 0 Å². The molecule has 0 aliphatic heterocycles. The van der Waals surface area contributed by atoms with Crippen molar-refractivity contribution in [3.8, 4) is 0 Å². The Morgan fingerprint density at radius 3 is 2.93 bits per heavy atom. The van der Waals surface area contributed by atoms with Crippen LogP contribution in [0.5, 0.6) is 0 Å². The fraction of sp³-hybridized carbons (Fsp3) is 0.100. The molecule has 0 saturated heterocycles. The largest absolute Gasteiger partial charge is 0.367 e. The number of pyridine rings is 1. The molecule has 2 N–H and O–H groups in total. The molecule has 0 aliphatic carbocycles. The zero-order valence-corrected chi connectivity index (χ0v) is 9.08. The Morgan fingerprint density at radius 2 is 2.29 bits per heavy atom. The molecule has 0 aromatic carbocycles. The van der Waals surface area contributed by atoms with Crippen LogP contribution in [0.25, 0.3) is 0 Å². The first kappa shape index (κ1) is 9.27. The van der Waals surface area contributed by atoms with E-state index in [0.29, 0.717) is 0 Å². The summed E-state index contributed by atoms with van der Waals surface area (Å²) in [4.78, 5) is 7.22. The molecule has 0 amide bonds. The summed E-state index contributed by atoms with van der Waals surface area (Å²) in [5, 5.41) is 3.22. The molecule has 2 heterocycles. The normalized spacial score (nSPS) is 10.1. The topological polar surface area (TPSA) is 40.7 Å². The highest BCUT2D eigenvalue weighted by molar-refractivity contribution is 9.10. The first-order chi connectivity index (χ1) is 6.84. The standard InChI is InChI=1S/C10H10BrN3/c11-9-1-2-10(14-7-9)13-6-8-3-4-12-5-8/h1-5,7,12H,6H2,(H,13,14). The second-order valence-corrected chi connectivity index (χ2v) is 3.85. The van der Waals surface area contributed by atoms with Gasteiger partial charge in [-0.05, 0) is 39.7 Å². The van der Waals surface area contributed by atoms with Crippen molar-refractivity contribution >= 4 is 21.7 Å². The Labute approximate surface area is 90.7 Å². The lowest BCUT2D eigenvalue weighted by molar-refractivity contribution is 1.11. The van der Waals surface area contributed by atoms with Gasteiger partial charge in [-0.25, -0.2) is 4.98 Å². The third-order valence-corrected chi connectivity index (χ3v) is 2.33. The smallest absolute Gasteiger partial charge is 0.126 e. The van der Waals surface area contributed by atoms with E-state index in [1.165, 1.54) is 5.56 Å². The molecular formula is C10H10BrN3. The summed E-state index contributed by atoms with van der Waals surface area (Å²) in [5.41, 5.74) is 1.22. The summed E-state index contributed by atoms with van der Waals surface area (Å²) >= 11 is 3.34. The number of halogens is 1. The number of H-pyrrole nitrogens is 1. The summed E-state index contributed by atoms with van der Waals surface area (Å²) in [6.45, 7) is 0.790. The number of anilines is 1. The molecule has 0 bridgehead atoms. The molecule has 2 aromatic rings. The van der Waals surface area contributed by atoms with Crippen LogP contribution in [0.15, 0.2) is 41.3 Å². The van der Waals surface area contributed by atoms with Crippen LogP contribution in [0.1, 0.15) is 5.56 Å². The molecule has 3 nitrogen and oxygen atoms in total. The molecule has 0 spiro atoms. The Balaban J connectivity index is 1.95. The third kappa shape index (κ3) is 2.35. The Hall–Kier alpha value is -1.29. The quantitative estimate of drug-likeness (QED) is 0.881. The van der Waals surface area contributed by atoms with E-state index in [9.17, 15) is 0 Å². The molecule has 0 radical (unpaired) electrons. The summed E-state index contributed by atoms with van der Waals surface area (Å²) in [7, 11) is 0. The lowest BCUT2D eigenvalue weighted by atomic mass is 10.3. The molecule has 0 aliphatic rings. The van der Waals surface area contributed by atoms with Crippen molar-refractivity contribution in [1.29, 1.82) is 0 Å². The second-order valence-electron chi connectivity index (χ2n) is 2.93. The molecular weight excluding hydrogens is 242 g/mol. The fourth-order valence-corrected chi connectivity index (χ4v) is 1.38. The maximum atomic E-state index is 4.21. The zero-order valence-electron chi connectivity index (χ0n) is 7.50. The Bertz CT molecular complexity index is 380. The lowest BCUT2D eigenvalue weighted by Gasteiger charge is -2.03. The molecule has 2 aromatic heterocycles. The second kappa shape index (κ2) is 4.28. The van der Waals surface area contributed by atoms with Crippen molar-refractivity contribution in [2.45, 2.75) is 6.54 Å². The number of rotatable bonds is 3. The van der Waals surface area contributed by atoms with Gasteiger partial charge in [0.1, 0.15) is 5.82 Å². The highest BCUT2D eigenvalue weighted by atomic mass is 79.9. The van der Waals surface area contributed by atoms with Crippen LogP contribution < -0.4 is 5.32 Å². The van der Waals surface area contributed by atoms with Gasteiger partial charge in [0.25, 0.3) is 0 Å². The monoisotopic (exact) mass is 251 g/mol. The lowest BCUT2D eigenvalue weighted by Crippen LogP contribution is -1.99. The van der Waals surface area contributed by atoms with E-state index < -0.39 is 0 Å². The molecule has 2 rings (SSSR count). The average molecular weight is 252 g/mol. The van der Waals surface area contributed by atoms with Gasteiger partial charge in [0.2, 0.25) is 0 Å². The number of nitrogens with zero attached hydrogens (tertiary/aromatic N) is 1. The van der Waals surface area contributed by atoms with Gasteiger partial charge in [0, 0.05) is 29.6 Å². The first-order valence-electron chi connectivity index (χ1n) is 4.32. The Kier molecular flexibility index (Phi) is 2.84. The molecule has 0 atom stereocenters. The van der Waals surface area contributed by atoms with Gasteiger partial charge in [-0.1, -0.05) is 0 Å². The number of aromatic nitrogens is 2. The number of nitrogens with one attached hydrogen (secondary N) is 2. The fourth-order valence-electron chi connectivity index (χ4n) is 1.14. The van der Waals surface area contributed by atoms with Gasteiger partial charge in [0.15, 0.2) is 0 Å². The average Bonchev–Trinajstić information content (AvgIpc) is 2.70. The zero-order chi connectivity index (χ0) is 9.80. The van der Waals surface area contributed by atoms with Gasteiger partial charge < -0.3 is 10.3 Å². The molecule has 0 fully saturated rings. The van der Waals surface area contributed by atoms with E-state index in [1.807, 2.05) is 30.6 Å². The first-order valence-corrected chi connectivity index (χ1v) is 5.11. The van der Waals surface area contributed by atoms with E-state index in [1.54, 1.807) is 6.20 Å². The van der Waals surface area contributed by atoms with E-state index in [0.717, 1.165) is 16.8 Å². The van der Waals surface area contributed by atoms with Gasteiger partial charge in [-0.3, -0.25) is 0 Å². The highest BCUT2D eigenvalue weighted by Gasteiger charge is 1.94. The van der Waals surface area contributed by atoms with E-state index in [2.05, 4.69) is 31.2 Å². The van der Waals surface area contributed by atoms with Gasteiger partial charge >= 0.3 is 0 Å². The summed E-state index contributed by atoms with van der Waals surface area (Å²) < 4.78 is 0.990. The van der Waals surface area contributed by atoms with Gasteiger partial charge in [0.05, 0.1) is 0 Å². The number of hydrogen-bond donors (Lipinski definition) is 2. The van der Waals surface area contributed by atoms with Crippen LogP contribution in [0.3, 0.4) is 0 Å². The number of hydrogen-bond acceptors (Lipinski definition) is 2. The maximum absolute atomic E-state index is 4.21. The maximum Gasteiger partial charge on any atom is 0.126 e. The number of aromatic amines is 1. The third-order valence-electron chi connectivity index (χ3n) is 1.86. The molecule has 0 unspecified atom stereocenters. The summed E-state index contributed by atoms with van der Waals surface area (Å²) in [6.07, 6.45) is 5.65. The van der Waals surface area contributed by atoms with Gasteiger partial charge in [-0.2, -0.15) is 0 Å². The Morgan fingerprint density at radius 1 is 1.36 bits per heavy atom. The van der Waals surface area contributed by atoms with Crippen LogP contribution in [-0.2, 0) is 6.54 Å². The van der Waals surface area contributed by atoms with Crippen LogP contribution in [0.2, 0.25) is 0 Å². The van der Waals surface area contributed by atoms with Crippen molar-refractivity contribution in [3.63, 3.8) is 0 Å². The van der Waals surface area contributed by atoms with Crippen molar-refractivity contribution in [1.82, 2.24) is 9.97 Å². The minimum atomic E-state index is 0.790. The minimum absolute atomic E-state index is 0.790.